The van der Waals surface area contributed by atoms with Crippen molar-refractivity contribution in [3.8, 4) is 0 Å². The van der Waals surface area contributed by atoms with Crippen LogP contribution in [0.2, 0.25) is 0 Å². The lowest BCUT2D eigenvalue weighted by molar-refractivity contribution is 0.163. The molecule has 2 nitrogen and oxygen atoms in total. The molecule has 0 aliphatic heterocycles. The highest BCUT2D eigenvalue weighted by Gasteiger charge is 2.06. The molecule has 1 atom stereocenters. The number of benzene rings is 1. The monoisotopic (exact) mass is 275 g/mol. The normalized spacial score (nSPS) is 12.9. The summed E-state index contributed by atoms with van der Waals surface area (Å²) in [5.74, 6) is 0. The average Bonchev–Trinajstić information content (AvgIpc) is 2.47. The summed E-state index contributed by atoms with van der Waals surface area (Å²) in [6.07, 6.45) is 11.6. The van der Waals surface area contributed by atoms with E-state index in [0.29, 0.717) is 0 Å². The van der Waals surface area contributed by atoms with Crippen LogP contribution in [0.15, 0.2) is 30.3 Å². The van der Waals surface area contributed by atoms with E-state index in [1.54, 1.807) is 0 Å². The van der Waals surface area contributed by atoms with Crippen LogP contribution in [0.25, 0.3) is 6.08 Å². The molecule has 1 aromatic carbocycles. The van der Waals surface area contributed by atoms with Crippen LogP contribution in [0.5, 0.6) is 0 Å². The first-order valence-corrected chi connectivity index (χ1v) is 7.92. The Kier molecular flexibility index (Phi) is 9.01. The first-order chi connectivity index (χ1) is 9.77. The third kappa shape index (κ3) is 6.88. The maximum Gasteiger partial charge on any atom is 0.0790 e. The molecule has 3 N–H and O–H groups in total. The van der Waals surface area contributed by atoms with Crippen molar-refractivity contribution in [3.63, 3.8) is 0 Å². The molecule has 0 saturated carbocycles. The molecule has 0 bridgehead atoms. The molecule has 20 heavy (non-hydrogen) atoms. The summed E-state index contributed by atoms with van der Waals surface area (Å²) in [5, 5.41) is 10.2. The summed E-state index contributed by atoms with van der Waals surface area (Å²) in [6, 6.07) is 8.22. The van der Waals surface area contributed by atoms with Crippen molar-refractivity contribution < 1.29 is 5.11 Å². The fourth-order valence-corrected chi connectivity index (χ4v) is 2.25. The lowest BCUT2D eigenvalue weighted by Crippen LogP contribution is -1.97. The van der Waals surface area contributed by atoms with E-state index in [1.807, 2.05) is 12.1 Å². The van der Waals surface area contributed by atoms with Gasteiger partial charge < -0.3 is 10.8 Å². The topological polar surface area (TPSA) is 46.2 Å². The second-order valence-electron chi connectivity index (χ2n) is 5.37. The molecule has 0 aliphatic rings. The van der Waals surface area contributed by atoms with Gasteiger partial charge in [-0.05, 0) is 49.4 Å². The molecule has 0 amide bonds. The highest BCUT2D eigenvalue weighted by molar-refractivity contribution is 5.50. The Morgan fingerprint density at radius 2 is 2.05 bits per heavy atom. The second kappa shape index (κ2) is 10.6. The third-order valence-corrected chi connectivity index (χ3v) is 3.51. The van der Waals surface area contributed by atoms with Crippen molar-refractivity contribution in [3.05, 3.63) is 41.5 Å². The van der Waals surface area contributed by atoms with Crippen molar-refractivity contribution in [2.24, 2.45) is 5.73 Å². The van der Waals surface area contributed by atoms with Crippen LogP contribution < -0.4 is 5.73 Å². The Morgan fingerprint density at radius 3 is 2.80 bits per heavy atom. The number of rotatable bonds is 10. The number of hydrogen-bond donors (Lipinski definition) is 2. The fraction of sp³-hybridized carbons (Fsp3) is 0.556. The van der Waals surface area contributed by atoms with Crippen molar-refractivity contribution in [1.82, 2.24) is 0 Å². The Morgan fingerprint density at radius 1 is 1.20 bits per heavy atom. The average molecular weight is 275 g/mol. The van der Waals surface area contributed by atoms with E-state index in [-0.39, 0.29) is 6.10 Å². The predicted molar refractivity (Wildman–Crippen MR) is 87.5 cm³/mol. The van der Waals surface area contributed by atoms with Gasteiger partial charge in [0.15, 0.2) is 0 Å². The standard InChI is InChI=1S/C18H29NO/c1-2-3-6-13-18(20)17-12-9-11-16(15-17)10-7-4-5-8-14-19/h7,9-12,15,18,20H,2-6,8,13-14,19H2,1H3. The van der Waals surface area contributed by atoms with Crippen LogP contribution in [-0.4, -0.2) is 11.7 Å². The Balaban J connectivity index is 2.47. The highest BCUT2D eigenvalue weighted by Crippen LogP contribution is 2.21. The van der Waals surface area contributed by atoms with E-state index in [0.717, 1.165) is 44.2 Å². The van der Waals surface area contributed by atoms with E-state index in [2.05, 4.69) is 31.2 Å². The van der Waals surface area contributed by atoms with Crippen LogP contribution >= 0.6 is 0 Å². The molecule has 112 valence electrons. The minimum Gasteiger partial charge on any atom is -0.388 e. The minimum atomic E-state index is -0.327. The van der Waals surface area contributed by atoms with E-state index in [4.69, 9.17) is 5.73 Å². The Bertz CT molecular complexity index is 387. The van der Waals surface area contributed by atoms with Gasteiger partial charge in [0.25, 0.3) is 0 Å². The number of aliphatic hydroxyl groups is 1. The summed E-state index contributed by atoms with van der Waals surface area (Å²) < 4.78 is 0. The van der Waals surface area contributed by atoms with Crippen LogP contribution in [0.4, 0.5) is 0 Å². The maximum absolute atomic E-state index is 10.2. The molecule has 0 aromatic heterocycles. The van der Waals surface area contributed by atoms with Crippen LogP contribution in [-0.2, 0) is 0 Å². The van der Waals surface area contributed by atoms with Gasteiger partial charge in [-0.15, -0.1) is 0 Å². The van der Waals surface area contributed by atoms with Gasteiger partial charge in [0.05, 0.1) is 6.10 Å². The Hall–Kier alpha value is -1.12. The Labute approximate surface area is 123 Å². The van der Waals surface area contributed by atoms with E-state index in [1.165, 1.54) is 18.4 Å². The SMILES string of the molecule is CCCCCC(O)c1cccc(C=CCCCCN)c1. The predicted octanol–water partition coefficient (Wildman–Crippen LogP) is 4.44. The highest BCUT2D eigenvalue weighted by atomic mass is 16.3. The summed E-state index contributed by atoms with van der Waals surface area (Å²) in [7, 11) is 0. The summed E-state index contributed by atoms with van der Waals surface area (Å²) >= 11 is 0. The van der Waals surface area contributed by atoms with Gasteiger partial charge >= 0.3 is 0 Å². The lowest BCUT2D eigenvalue weighted by atomic mass is 10.0. The molecule has 0 radical (unpaired) electrons. The summed E-state index contributed by atoms with van der Waals surface area (Å²) in [4.78, 5) is 0. The van der Waals surface area contributed by atoms with Crippen molar-refractivity contribution in [1.29, 1.82) is 0 Å². The van der Waals surface area contributed by atoms with Crippen molar-refractivity contribution in [2.45, 2.75) is 58.0 Å². The molecule has 1 aromatic rings. The zero-order valence-corrected chi connectivity index (χ0v) is 12.7. The first kappa shape index (κ1) is 16.9. The first-order valence-electron chi connectivity index (χ1n) is 7.92. The van der Waals surface area contributed by atoms with E-state index >= 15 is 0 Å². The smallest absolute Gasteiger partial charge is 0.0790 e. The van der Waals surface area contributed by atoms with Gasteiger partial charge in [0.2, 0.25) is 0 Å². The van der Waals surface area contributed by atoms with Crippen molar-refractivity contribution in [2.75, 3.05) is 6.54 Å². The van der Waals surface area contributed by atoms with Gasteiger partial charge in [-0.25, -0.2) is 0 Å². The number of allylic oxidation sites excluding steroid dienone is 1. The molecule has 0 aliphatic carbocycles. The minimum absolute atomic E-state index is 0.327. The lowest BCUT2D eigenvalue weighted by Gasteiger charge is -2.11. The van der Waals surface area contributed by atoms with Gasteiger partial charge in [-0.3, -0.25) is 0 Å². The summed E-state index contributed by atoms with van der Waals surface area (Å²) in [5.41, 5.74) is 7.68. The molecule has 0 saturated heterocycles. The zero-order valence-electron chi connectivity index (χ0n) is 12.7. The molecule has 0 spiro atoms. The number of unbranched alkanes of at least 4 members (excludes halogenated alkanes) is 4. The largest absolute Gasteiger partial charge is 0.388 e. The van der Waals surface area contributed by atoms with E-state index in [9.17, 15) is 5.11 Å². The third-order valence-electron chi connectivity index (χ3n) is 3.51. The number of nitrogens with two attached hydrogens (primary N) is 1. The van der Waals surface area contributed by atoms with E-state index < -0.39 is 0 Å². The second-order valence-corrected chi connectivity index (χ2v) is 5.37. The zero-order chi connectivity index (χ0) is 14.6. The molecule has 2 heteroatoms. The van der Waals surface area contributed by atoms with Crippen LogP contribution in [0.1, 0.15) is 69.1 Å². The maximum atomic E-state index is 10.2. The number of hydrogen-bond acceptors (Lipinski definition) is 2. The van der Waals surface area contributed by atoms with Crippen LogP contribution in [0.3, 0.4) is 0 Å². The number of aliphatic hydroxyl groups excluding tert-OH is 1. The van der Waals surface area contributed by atoms with Crippen LogP contribution in [0, 0.1) is 0 Å². The molecule has 0 fully saturated rings. The van der Waals surface area contributed by atoms with Crippen molar-refractivity contribution >= 4 is 6.08 Å². The molecule has 1 rings (SSSR count). The van der Waals surface area contributed by atoms with Gasteiger partial charge in [-0.2, -0.15) is 0 Å². The quantitative estimate of drug-likeness (QED) is 0.620. The fourth-order valence-electron chi connectivity index (χ4n) is 2.25. The molecular formula is C18H29NO. The van der Waals surface area contributed by atoms with Gasteiger partial charge in [0.1, 0.15) is 0 Å². The summed E-state index contributed by atoms with van der Waals surface area (Å²) in [6.45, 7) is 2.95. The van der Waals surface area contributed by atoms with Gasteiger partial charge in [0, 0.05) is 0 Å². The molecule has 1 unspecified atom stereocenters. The molecular weight excluding hydrogens is 246 g/mol. The van der Waals surface area contributed by atoms with Gasteiger partial charge in [-0.1, -0.05) is 56.5 Å². The molecule has 0 heterocycles.